The van der Waals surface area contributed by atoms with Crippen molar-refractivity contribution in [2.45, 2.75) is 25.9 Å². The summed E-state index contributed by atoms with van der Waals surface area (Å²) in [5.41, 5.74) is 1.06. The van der Waals surface area contributed by atoms with Crippen LogP contribution in [0.2, 0.25) is 0 Å². The third kappa shape index (κ3) is 5.85. The normalized spacial score (nSPS) is 22.2. The molecular weight excluding hydrogens is 357 g/mol. The minimum Gasteiger partial charge on any atom is -0.315 e. The molecule has 9 heteroatoms. The van der Waals surface area contributed by atoms with Gasteiger partial charge in [0.25, 0.3) is 0 Å². The Bertz CT molecular complexity index is 487. The lowest BCUT2D eigenvalue weighted by Crippen LogP contribution is -2.50. The van der Waals surface area contributed by atoms with Gasteiger partial charge in [0.15, 0.2) is 5.13 Å². The summed E-state index contributed by atoms with van der Waals surface area (Å²) in [4.78, 5) is 20.5. The number of aromatic nitrogens is 1. The highest BCUT2D eigenvalue weighted by molar-refractivity contribution is 7.13. The molecule has 2 N–H and O–H groups in total. The molecule has 3 rings (SSSR count). The van der Waals surface area contributed by atoms with Crippen LogP contribution in [0.4, 0.5) is 5.13 Å². The number of amides is 1. The van der Waals surface area contributed by atoms with Crippen molar-refractivity contribution in [1.82, 2.24) is 20.1 Å². The Labute approximate surface area is 153 Å². The van der Waals surface area contributed by atoms with Crippen LogP contribution in [0.5, 0.6) is 0 Å². The smallest absolute Gasteiger partial charge is 0.223 e. The van der Waals surface area contributed by atoms with E-state index in [1.165, 1.54) is 24.7 Å². The largest absolute Gasteiger partial charge is 0.315 e. The standard InChI is InChI=1S/C14H23N5OS.2ClH/c1-11(20)16-14-17-12(10-21-14)9-18-4-6-19(7-5-18)13-2-3-15-8-13;;/h10,13,15H,2-9H2,1H3,(H,16,17,20);2*1H. The molecule has 0 aromatic carbocycles. The first kappa shape index (κ1) is 20.6. The lowest BCUT2D eigenvalue weighted by atomic mass is 10.2. The molecule has 1 amide bonds. The molecule has 0 spiro atoms. The highest BCUT2D eigenvalue weighted by Gasteiger charge is 2.26. The summed E-state index contributed by atoms with van der Waals surface area (Å²) in [5, 5.41) is 8.92. The number of halogens is 2. The first-order valence-electron chi connectivity index (χ1n) is 7.60. The van der Waals surface area contributed by atoms with E-state index in [0.717, 1.165) is 57.5 Å². The van der Waals surface area contributed by atoms with Crippen molar-refractivity contribution in [2.75, 3.05) is 44.6 Å². The van der Waals surface area contributed by atoms with Crippen LogP contribution in [0.25, 0.3) is 0 Å². The van der Waals surface area contributed by atoms with E-state index in [0.29, 0.717) is 5.13 Å². The second-order valence-corrected chi connectivity index (χ2v) is 6.64. The van der Waals surface area contributed by atoms with Gasteiger partial charge in [0, 0.05) is 57.6 Å². The van der Waals surface area contributed by atoms with E-state index < -0.39 is 0 Å². The highest BCUT2D eigenvalue weighted by atomic mass is 35.5. The summed E-state index contributed by atoms with van der Waals surface area (Å²) < 4.78 is 0. The van der Waals surface area contributed by atoms with Gasteiger partial charge in [-0.2, -0.15) is 0 Å². The van der Waals surface area contributed by atoms with Crippen molar-refractivity contribution in [1.29, 1.82) is 0 Å². The SMILES string of the molecule is CC(=O)Nc1nc(CN2CCN(C3CCNC3)CC2)cs1.Cl.Cl. The molecule has 132 valence electrons. The van der Waals surface area contributed by atoms with Gasteiger partial charge >= 0.3 is 0 Å². The Morgan fingerprint density at radius 3 is 2.74 bits per heavy atom. The second kappa shape index (κ2) is 9.76. The highest BCUT2D eigenvalue weighted by Crippen LogP contribution is 2.18. The average molecular weight is 382 g/mol. The molecule has 0 saturated carbocycles. The molecule has 1 unspecified atom stereocenters. The molecule has 0 bridgehead atoms. The van der Waals surface area contributed by atoms with E-state index >= 15 is 0 Å². The topological polar surface area (TPSA) is 60.5 Å². The molecule has 3 heterocycles. The van der Waals surface area contributed by atoms with Crippen LogP contribution in [0, 0.1) is 0 Å². The van der Waals surface area contributed by atoms with Crippen molar-refractivity contribution in [3.05, 3.63) is 11.1 Å². The van der Waals surface area contributed by atoms with Crippen LogP contribution in [-0.2, 0) is 11.3 Å². The number of hydrogen-bond acceptors (Lipinski definition) is 6. The van der Waals surface area contributed by atoms with Crippen LogP contribution < -0.4 is 10.6 Å². The number of carbonyl (C=O) groups excluding carboxylic acids is 1. The fraction of sp³-hybridized carbons (Fsp3) is 0.714. The monoisotopic (exact) mass is 381 g/mol. The lowest BCUT2D eigenvalue weighted by Gasteiger charge is -2.37. The van der Waals surface area contributed by atoms with Crippen LogP contribution in [0.15, 0.2) is 5.38 Å². The Morgan fingerprint density at radius 2 is 2.13 bits per heavy atom. The van der Waals surface area contributed by atoms with Gasteiger partial charge in [0.2, 0.25) is 5.91 Å². The maximum Gasteiger partial charge on any atom is 0.223 e. The maximum absolute atomic E-state index is 11.0. The zero-order chi connectivity index (χ0) is 14.7. The van der Waals surface area contributed by atoms with E-state index in [4.69, 9.17) is 0 Å². The predicted molar refractivity (Wildman–Crippen MR) is 99.0 cm³/mol. The fourth-order valence-corrected chi connectivity index (χ4v) is 3.80. The summed E-state index contributed by atoms with van der Waals surface area (Å²) in [6.45, 7) is 9.20. The van der Waals surface area contributed by atoms with E-state index in [-0.39, 0.29) is 30.7 Å². The van der Waals surface area contributed by atoms with Crippen molar-refractivity contribution >= 4 is 47.2 Å². The summed E-state index contributed by atoms with van der Waals surface area (Å²) in [6, 6.07) is 0.734. The number of carbonyl (C=O) groups is 1. The van der Waals surface area contributed by atoms with Gasteiger partial charge in [-0.1, -0.05) is 0 Å². The van der Waals surface area contributed by atoms with Crippen LogP contribution >= 0.6 is 36.2 Å². The summed E-state index contributed by atoms with van der Waals surface area (Å²) >= 11 is 1.50. The van der Waals surface area contributed by atoms with E-state index in [2.05, 4.69) is 25.4 Å². The average Bonchev–Trinajstić information content (AvgIpc) is 3.11. The second-order valence-electron chi connectivity index (χ2n) is 5.78. The minimum absolute atomic E-state index is 0. The molecule has 2 aliphatic rings. The summed E-state index contributed by atoms with van der Waals surface area (Å²) in [7, 11) is 0. The van der Waals surface area contributed by atoms with Crippen LogP contribution in [0.3, 0.4) is 0 Å². The Morgan fingerprint density at radius 1 is 1.39 bits per heavy atom. The molecule has 2 saturated heterocycles. The van der Waals surface area contributed by atoms with Gasteiger partial charge in [-0.05, 0) is 13.0 Å². The van der Waals surface area contributed by atoms with Crippen molar-refractivity contribution < 1.29 is 4.79 Å². The zero-order valence-corrected chi connectivity index (χ0v) is 15.7. The molecular formula is C14H25Cl2N5OS. The Kier molecular flexibility index (Phi) is 8.74. The van der Waals surface area contributed by atoms with Gasteiger partial charge in [-0.25, -0.2) is 4.98 Å². The number of thiazole rings is 1. The molecule has 23 heavy (non-hydrogen) atoms. The lowest BCUT2D eigenvalue weighted by molar-refractivity contribution is -0.114. The molecule has 2 aliphatic heterocycles. The first-order valence-corrected chi connectivity index (χ1v) is 8.48. The third-order valence-corrected chi connectivity index (χ3v) is 4.98. The number of anilines is 1. The molecule has 1 aromatic heterocycles. The van der Waals surface area contributed by atoms with Gasteiger partial charge in [0.1, 0.15) is 0 Å². The zero-order valence-electron chi connectivity index (χ0n) is 13.3. The van der Waals surface area contributed by atoms with Crippen molar-refractivity contribution in [2.24, 2.45) is 0 Å². The molecule has 6 nitrogen and oxygen atoms in total. The number of nitrogens with zero attached hydrogens (tertiary/aromatic N) is 3. The van der Waals surface area contributed by atoms with Gasteiger partial charge in [-0.3, -0.25) is 14.6 Å². The predicted octanol–water partition coefficient (Wildman–Crippen LogP) is 1.42. The van der Waals surface area contributed by atoms with Crippen LogP contribution in [-0.4, -0.2) is 66.0 Å². The summed E-state index contributed by atoms with van der Waals surface area (Å²) in [6.07, 6.45) is 1.28. The molecule has 0 aliphatic carbocycles. The number of piperazine rings is 1. The quantitative estimate of drug-likeness (QED) is 0.825. The maximum atomic E-state index is 11.0. The number of nitrogens with one attached hydrogen (secondary N) is 2. The van der Waals surface area contributed by atoms with E-state index in [9.17, 15) is 4.79 Å². The summed E-state index contributed by atoms with van der Waals surface area (Å²) in [5.74, 6) is -0.0605. The van der Waals surface area contributed by atoms with Crippen molar-refractivity contribution in [3.63, 3.8) is 0 Å². The van der Waals surface area contributed by atoms with Gasteiger partial charge in [0.05, 0.1) is 5.69 Å². The number of hydrogen-bond donors (Lipinski definition) is 2. The van der Waals surface area contributed by atoms with Crippen molar-refractivity contribution in [3.8, 4) is 0 Å². The fourth-order valence-electron chi connectivity index (χ4n) is 3.05. The third-order valence-electron chi connectivity index (χ3n) is 4.18. The Hall–Kier alpha value is -0.440. The van der Waals surface area contributed by atoms with Gasteiger partial charge in [-0.15, -0.1) is 36.2 Å². The molecule has 2 fully saturated rings. The van der Waals surface area contributed by atoms with Gasteiger partial charge < -0.3 is 10.6 Å². The first-order chi connectivity index (χ1) is 10.2. The molecule has 1 aromatic rings. The van der Waals surface area contributed by atoms with E-state index in [1.54, 1.807) is 0 Å². The number of rotatable bonds is 4. The molecule has 0 radical (unpaired) electrons. The molecule has 1 atom stereocenters. The van der Waals surface area contributed by atoms with Crippen LogP contribution in [0.1, 0.15) is 19.0 Å². The van der Waals surface area contributed by atoms with E-state index in [1.807, 2.05) is 5.38 Å². The Balaban J connectivity index is 0.00000132. The minimum atomic E-state index is -0.0605.